The molecule has 0 radical (unpaired) electrons. The quantitative estimate of drug-likeness (QED) is 0.679. The molecule has 0 saturated carbocycles. The summed E-state index contributed by atoms with van der Waals surface area (Å²) in [4.78, 5) is 2.32. The normalized spacial score (nSPS) is 22.9. The first-order valence-corrected chi connectivity index (χ1v) is 7.30. The molecule has 0 amide bonds. The van der Waals surface area contributed by atoms with Gasteiger partial charge in [-0.2, -0.15) is 0 Å². The van der Waals surface area contributed by atoms with Gasteiger partial charge in [0.2, 0.25) is 0 Å². The number of hydrogen-bond donors (Lipinski definition) is 1. The van der Waals surface area contributed by atoms with E-state index >= 15 is 0 Å². The van der Waals surface area contributed by atoms with Gasteiger partial charge < -0.3 is 5.21 Å². The smallest absolute Gasteiger partial charge is 0.137 e. The van der Waals surface area contributed by atoms with Gasteiger partial charge in [0.25, 0.3) is 0 Å². The van der Waals surface area contributed by atoms with Crippen LogP contribution in [0.3, 0.4) is 0 Å². The lowest BCUT2D eigenvalue weighted by molar-refractivity contribution is 0.220. The summed E-state index contributed by atoms with van der Waals surface area (Å²) in [6.07, 6.45) is 1.78. The molecular weight excluding hydrogens is 311 g/mol. The zero-order chi connectivity index (χ0) is 13.8. The Labute approximate surface area is 121 Å². The molecule has 0 aliphatic carbocycles. The molecule has 104 valence electrons. The summed E-state index contributed by atoms with van der Waals surface area (Å²) in [6.45, 7) is 4.68. The third-order valence-corrected chi connectivity index (χ3v) is 4.25. The van der Waals surface area contributed by atoms with Crippen LogP contribution in [-0.2, 0) is 6.54 Å². The lowest BCUT2D eigenvalue weighted by Crippen LogP contribution is -2.40. The van der Waals surface area contributed by atoms with Gasteiger partial charge in [-0.15, -0.1) is 0 Å². The van der Waals surface area contributed by atoms with E-state index in [0.717, 1.165) is 43.8 Å². The summed E-state index contributed by atoms with van der Waals surface area (Å²) in [5, 5.41) is 12.4. The largest absolute Gasteiger partial charge is 0.411 e. The summed E-state index contributed by atoms with van der Waals surface area (Å²) in [6, 6.07) is 5.13. The van der Waals surface area contributed by atoms with Gasteiger partial charge in [0.15, 0.2) is 0 Å². The lowest BCUT2D eigenvalue weighted by Gasteiger charge is -2.32. The maximum Gasteiger partial charge on any atom is 0.137 e. The van der Waals surface area contributed by atoms with Crippen LogP contribution >= 0.6 is 15.9 Å². The number of benzene rings is 1. The molecule has 1 aliphatic rings. The van der Waals surface area contributed by atoms with Crippen molar-refractivity contribution in [1.29, 1.82) is 0 Å². The molecule has 1 unspecified atom stereocenters. The Morgan fingerprint density at radius 3 is 2.95 bits per heavy atom. The van der Waals surface area contributed by atoms with E-state index in [1.165, 1.54) is 6.07 Å². The van der Waals surface area contributed by atoms with Crippen LogP contribution in [0.5, 0.6) is 0 Å². The van der Waals surface area contributed by atoms with Crippen LogP contribution in [-0.4, -0.2) is 28.9 Å². The fraction of sp³-hybridized carbons (Fsp3) is 0.500. The lowest BCUT2D eigenvalue weighted by atomic mass is 9.93. The Morgan fingerprint density at radius 2 is 2.32 bits per heavy atom. The summed E-state index contributed by atoms with van der Waals surface area (Å²) in [5.74, 6) is 0.0890. The predicted octanol–water partition coefficient (Wildman–Crippen LogP) is 3.65. The van der Waals surface area contributed by atoms with Crippen LogP contribution < -0.4 is 0 Å². The van der Waals surface area contributed by atoms with E-state index in [1.807, 2.05) is 12.1 Å². The maximum atomic E-state index is 13.2. The van der Waals surface area contributed by atoms with Crippen LogP contribution in [0.25, 0.3) is 0 Å². The average molecular weight is 329 g/mol. The van der Waals surface area contributed by atoms with E-state index in [-0.39, 0.29) is 5.82 Å². The van der Waals surface area contributed by atoms with E-state index in [9.17, 15) is 4.39 Å². The first kappa shape index (κ1) is 14.5. The molecule has 1 aromatic carbocycles. The van der Waals surface area contributed by atoms with Gasteiger partial charge in [0.05, 0.1) is 10.2 Å². The molecule has 1 N–H and O–H groups in total. The SMILES string of the molecule is CCC1CN(Cc2ccc(F)c(Br)c2)CC/C1=N\O. The Balaban J connectivity index is 2.02. The molecule has 1 aliphatic heterocycles. The maximum absolute atomic E-state index is 13.2. The van der Waals surface area contributed by atoms with Gasteiger partial charge in [0, 0.05) is 32.0 Å². The Morgan fingerprint density at radius 1 is 1.53 bits per heavy atom. The number of nitrogens with zero attached hydrogens (tertiary/aromatic N) is 2. The van der Waals surface area contributed by atoms with Crippen molar-refractivity contribution in [3.63, 3.8) is 0 Å². The fourth-order valence-corrected chi connectivity index (χ4v) is 2.95. The monoisotopic (exact) mass is 328 g/mol. The van der Waals surface area contributed by atoms with Crippen molar-refractivity contribution in [2.24, 2.45) is 11.1 Å². The number of halogens is 2. The molecule has 0 spiro atoms. The molecule has 1 atom stereocenters. The summed E-state index contributed by atoms with van der Waals surface area (Å²) >= 11 is 3.21. The molecule has 5 heteroatoms. The van der Waals surface area contributed by atoms with Crippen molar-refractivity contribution in [1.82, 2.24) is 4.90 Å². The van der Waals surface area contributed by atoms with Crippen molar-refractivity contribution in [2.75, 3.05) is 13.1 Å². The van der Waals surface area contributed by atoms with Crippen molar-refractivity contribution in [3.8, 4) is 0 Å². The molecule has 1 saturated heterocycles. The number of likely N-dealkylation sites (tertiary alicyclic amines) is 1. The van der Waals surface area contributed by atoms with Crippen LogP contribution in [0.2, 0.25) is 0 Å². The van der Waals surface area contributed by atoms with E-state index < -0.39 is 0 Å². The molecule has 0 bridgehead atoms. The standard InChI is InChI=1S/C14H18BrFN2O/c1-2-11-9-18(6-5-14(11)17-19)8-10-3-4-13(16)12(15)7-10/h3-4,7,11,19H,2,5-6,8-9H2,1H3/b17-14+. The highest BCUT2D eigenvalue weighted by Crippen LogP contribution is 2.22. The van der Waals surface area contributed by atoms with E-state index in [0.29, 0.717) is 10.4 Å². The van der Waals surface area contributed by atoms with Gasteiger partial charge in [0.1, 0.15) is 5.82 Å². The van der Waals surface area contributed by atoms with Gasteiger partial charge >= 0.3 is 0 Å². The van der Waals surface area contributed by atoms with Crippen molar-refractivity contribution in [2.45, 2.75) is 26.3 Å². The van der Waals surface area contributed by atoms with Gasteiger partial charge in [-0.1, -0.05) is 18.1 Å². The molecule has 1 heterocycles. The zero-order valence-electron chi connectivity index (χ0n) is 10.9. The van der Waals surface area contributed by atoms with Crippen LogP contribution in [0, 0.1) is 11.7 Å². The van der Waals surface area contributed by atoms with Crippen LogP contribution in [0.15, 0.2) is 27.8 Å². The molecule has 19 heavy (non-hydrogen) atoms. The van der Waals surface area contributed by atoms with Crippen molar-refractivity contribution in [3.05, 3.63) is 34.1 Å². The molecule has 1 fully saturated rings. The highest BCUT2D eigenvalue weighted by atomic mass is 79.9. The third-order valence-electron chi connectivity index (χ3n) is 3.65. The van der Waals surface area contributed by atoms with E-state index in [2.05, 4.69) is 32.9 Å². The van der Waals surface area contributed by atoms with Crippen LogP contribution in [0.1, 0.15) is 25.3 Å². The second-order valence-electron chi connectivity index (χ2n) is 4.93. The fourth-order valence-electron chi connectivity index (χ4n) is 2.52. The molecule has 2 rings (SSSR count). The van der Waals surface area contributed by atoms with E-state index in [1.54, 1.807) is 0 Å². The number of oxime groups is 1. The summed E-state index contributed by atoms with van der Waals surface area (Å²) in [7, 11) is 0. The highest BCUT2D eigenvalue weighted by molar-refractivity contribution is 9.10. The minimum Gasteiger partial charge on any atom is -0.411 e. The van der Waals surface area contributed by atoms with Crippen LogP contribution in [0.4, 0.5) is 4.39 Å². The number of rotatable bonds is 3. The molecule has 1 aromatic rings. The second-order valence-corrected chi connectivity index (χ2v) is 5.78. The minimum absolute atomic E-state index is 0.233. The van der Waals surface area contributed by atoms with Gasteiger partial charge in [-0.3, -0.25) is 4.90 Å². The zero-order valence-corrected chi connectivity index (χ0v) is 12.5. The molecular formula is C14H18BrFN2O. The topological polar surface area (TPSA) is 35.8 Å². The molecule has 0 aromatic heterocycles. The Kier molecular flexibility index (Phi) is 4.93. The first-order valence-electron chi connectivity index (χ1n) is 6.51. The van der Waals surface area contributed by atoms with Gasteiger partial charge in [-0.05, 0) is 40.0 Å². The second kappa shape index (κ2) is 6.48. The number of hydrogen-bond acceptors (Lipinski definition) is 3. The highest BCUT2D eigenvalue weighted by Gasteiger charge is 2.24. The minimum atomic E-state index is -0.233. The van der Waals surface area contributed by atoms with Crippen molar-refractivity contribution >= 4 is 21.6 Å². The predicted molar refractivity (Wildman–Crippen MR) is 77.0 cm³/mol. The van der Waals surface area contributed by atoms with E-state index in [4.69, 9.17) is 5.21 Å². The Hall–Kier alpha value is -0.940. The summed E-state index contributed by atoms with van der Waals surface area (Å²) < 4.78 is 13.7. The van der Waals surface area contributed by atoms with Crippen molar-refractivity contribution < 1.29 is 9.60 Å². The van der Waals surface area contributed by atoms with Gasteiger partial charge in [-0.25, -0.2) is 4.39 Å². The average Bonchev–Trinajstić information content (AvgIpc) is 2.43. The number of piperidine rings is 1. The third kappa shape index (κ3) is 3.54. The first-order chi connectivity index (χ1) is 9.13. The summed E-state index contributed by atoms with van der Waals surface area (Å²) in [5.41, 5.74) is 1.99. The molecule has 3 nitrogen and oxygen atoms in total. The Bertz CT molecular complexity index is 479.